The lowest BCUT2D eigenvalue weighted by Gasteiger charge is -2.26. The molecule has 0 amide bonds. The zero-order valence-electron chi connectivity index (χ0n) is 12.8. The summed E-state index contributed by atoms with van der Waals surface area (Å²) in [4.78, 5) is 0. The van der Waals surface area contributed by atoms with Gasteiger partial charge < -0.3 is 10.6 Å². The number of nitrogens with one attached hydrogen (secondary N) is 2. The smallest absolute Gasteiger partial charge is 0.160 e. The van der Waals surface area contributed by atoms with Crippen LogP contribution in [0.5, 0.6) is 0 Å². The molecule has 0 bridgehead atoms. The second-order valence-electron chi connectivity index (χ2n) is 6.03. The maximum atomic E-state index is 4.27. The molecule has 2 N–H and O–H groups in total. The Morgan fingerprint density at radius 1 is 1.38 bits per heavy atom. The van der Waals surface area contributed by atoms with E-state index in [1.54, 1.807) is 0 Å². The van der Waals surface area contributed by atoms with Gasteiger partial charge in [0.2, 0.25) is 0 Å². The number of rotatable bonds is 6. The number of hydrogen-bond acceptors (Lipinski definition) is 4. The Bertz CT molecular complexity index is 559. The van der Waals surface area contributed by atoms with Gasteiger partial charge in [0.25, 0.3) is 0 Å². The standard InChI is InChI=1S/C16H25N5/c1-13(12-14-6-2-4-9-18-14)17-10-8-16-20-19-15-7-3-5-11-21(15)16/h3,5,7,11,13-14,17-18H,2,4,6,8-10,12H2,1H3. The first kappa shape index (κ1) is 14.5. The van der Waals surface area contributed by atoms with Gasteiger partial charge in [-0.15, -0.1) is 10.2 Å². The largest absolute Gasteiger partial charge is 0.314 e. The molecule has 2 unspecified atom stereocenters. The van der Waals surface area contributed by atoms with Crippen molar-refractivity contribution in [2.75, 3.05) is 13.1 Å². The van der Waals surface area contributed by atoms with Crippen LogP contribution < -0.4 is 10.6 Å². The molecule has 3 heterocycles. The lowest BCUT2D eigenvalue weighted by atomic mass is 9.99. The van der Waals surface area contributed by atoms with E-state index < -0.39 is 0 Å². The van der Waals surface area contributed by atoms with E-state index in [4.69, 9.17) is 0 Å². The summed E-state index contributed by atoms with van der Waals surface area (Å²) in [6.45, 7) is 4.41. The van der Waals surface area contributed by atoms with Crippen molar-refractivity contribution in [2.24, 2.45) is 0 Å². The summed E-state index contributed by atoms with van der Waals surface area (Å²) in [5.74, 6) is 1.03. The molecule has 2 atom stereocenters. The highest BCUT2D eigenvalue weighted by Gasteiger charge is 2.15. The number of hydrogen-bond donors (Lipinski definition) is 2. The molecule has 0 radical (unpaired) electrons. The van der Waals surface area contributed by atoms with Crippen molar-refractivity contribution in [2.45, 2.75) is 51.1 Å². The predicted molar refractivity (Wildman–Crippen MR) is 84.4 cm³/mol. The minimum Gasteiger partial charge on any atom is -0.314 e. The van der Waals surface area contributed by atoms with Gasteiger partial charge >= 0.3 is 0 Å². The summed E-state index contributed by atoms with van der Waals surface area (Å²) in [7, 11) is 0. The first-order valence-corrected chi connectivity index (χ1v) is 8.08. The lowest BCUT2D eigenvalue weighted by molar-refractivity contribution is 0.345. The highest BCUT2D eigenvalue weighted by molar-refractivity contribution is 5.36. The Hall–Kier alpha value is -1.46. The quantitative estimate of drug-likeness (QED) is 0.850. The molecule has 114 valence electrons. The molecule has 21 heavy (non-hydrogen) atoms. The van der Waals surface area contributed by atoms with Gasteiger partial charge in [-0.3, -0.25) is 4.40 Å². The fourth-order valence-corrected chi connectivity index (χ4v) is 3.13. The molecule has 0 saturated carbocycles. The second-order valence-corrected chi connectivity index (χ2v) is 6.03. The minimum absolute atomic E-state index is 0.541. The van der Waals surface area contributed by atoms with Gasteiger partial charge in [0, 0.05) is 31.2 Å². The Morgan fingerprint density at radius 3 is 3.19 bits per heavy atom. The van der Waals surface area contributed by atoms with Crippen molar-refractivity contribution < 1.29 is 0 Å². The Balaban J connectivity index is 1.45. The number of piperidine rings is 1. The summed E-state index contributed by atoms with van der Waals surface area (Å²) in [6, 6.07) is 7.23. The molecule has 1 saturated heterocycles. The van der Waals surface area contributed by atoms with Crippen LogP contribution >= 0.6 is 0 Å². The van der Waals surface area contributed by atoms with Crippen LogP contribution in [-0.4, -0.2) is 39.8 Å². The lowest BCUT2D eigenvalue weighted by Crippen LogP contribution is -2.40. The van der Waals surface area contributed by atoms with Crippen LogP contribution in [0.25, 0.3) is 5.65 Å². The van der Waals surface area contributed by atoms with E-state index >= 15 is 0 Å². The number of nitrogens with zero attached hydrogens (tertiary/aromatic N) is 3. The van der Waals surface area contributed by atoms with Crippen LogP contribution in [0.2, 0.25) is 0 Å². The van der Waals surface area contributed by atoms with Gasteiger partial charge in [0.1, 0.15) is 5.82 Å². The van der Waals surface area contributed by atoms with E-state index in [1.807, 2.05) is 24.4 Å². The SMILES string of the molecule is CC(CC1CCCCN1)NCCc1nnc2ccccn12. The van der Waals surface area contributed by atoms with Crippen molar-refractivity contribution in [3.05, 3.63) is 30.2 Å². The van der Waals surface area contributed by atoms with Crippen LogP contribution in [0.15, 0.2) is 24.4 Å². The average Bonchev–Trinajstić information content (AvgIpc) is 2.92. The Morgan fingerprint density at radius 2 is 2.33 bits per heavy atom. The monoisotopic (exact) mass is 287 g/mol. The van der Waals surface area contributed by atoms with E-state index in [-0.39, 0.29) is 0 Å². The van der Waals surface area contributed by atoms with E-state index in [2.05, 4.69) is 32.2 Å². The number of pyridine rings is 1. The zero-order valence-corrected chi connectivity index (χ0v) is 12.8. The van der Waals surface area contributed by atoms with Crippen molar-refractivity contribution in [3.8, 4) is 0 Å². The van der Waals surface area contributed by atoms with Crippen LogP contribution in [0, 0.1) is 0 Å². The number of fused-ring (bicyclic) bond motifs is 1. The second kappa shape index (κ2) is 7.00. The van der Waals surface area contributed by atoms with E-state index in [0.717, 1.165) is 24.4 Å². The summed E-state index contributed by atoms with van der Waals surface area (Å²) in [6.07, 6.45) is 8.17. The van der Waals surface area contributed by atoms with Crippen molar-refractivity contribution in [1.82, 2.24) is 25.2 Å². The minimum atomic E-state index is 0.541. The van der Waals surface area contributed by atoms with Crippen LogP contribution in [-0.2, 0) is 6.42 Å². The molecule has 0 aromatic carbocycles. The van der Waals surface area contributed by atoms with Gasteiger partial charge in [0.05, 0.1) is 0 Å². The molecular weight excluding hydrogens is 262 g/mol. The molecule has 5 heteroatoms. The molecule has 1 aliphatic rings. The van der Waals surface area contributed by atoms with Crippen molar-refractivity contribution in [3.63, 3.8) is 0 Å². The zero-order chi connectivity index (χ0) is 14.5. The summed E-state index contributed by atoms with van der Waals surface area (Å²) in [5.41, 5.74) is 0.923. The molecule has 1 aliphatic heterocycles. The third-order valence-electron chi connectivity index (χ3n) is 4.28. The van der Waals surface area contributed by atoms with Crippen LogP contribution in [0.1, 0.15) is 38.4 Å². The Labute approximate surface area is 126 Å². The predicted octanol–water partition coefficient (Wildman–Crippen LogP) is 1.78. The van der Waals surface area contributed by atoms with Crippen molar-refractivity contribution >= 4 is 5.65 Å². The molecule has 5 nitrogen and oxygen atoms in total. The first-order valence-electron chi connectivity index (χ1n) is 8.08. The van der Waals surface area contributed by atoms with E-state index in [1.165, 1.54) is 32.2 Å². The van der Waals surface area contributed by atoms with Gasteiger partial charge in [-0.2, -0.15) is 0 Å². The van der Waals surface area contributed by atoms with Gasteiger partial charge in [0.15, 0.2) is 5.65 Å². The molecular formula is C16H25N5. The van der Waals surface area contributed by atoms with Crippen LogP contribution in [0.4, 0.5) is 0 Å². The molecule has 2 aromatic heterocycles. The fourth-order valence-electron chi connectivity index (χ4n) is 3.13. The molecule has 2 aromatic rings. The highest BCUT2D eigenvalue weighted by atomic mass is 15.2. The molecule has 0 spiro atoms. The summed E-state index contributed by atoms with van der Waals surface area (Å²) >= 11 is 0. The topological polar surface area (TPSA) is 54.2 Å². The highest BCUT2D eigenvalue weighted by Crippen LogP contribution is 2.11. The summed E-state index contributed by atoms with van der Waals surface area (Å²) < 4.78 is 2.06. The third-order valence-corrected chi connectivity index (χ3v) is 4.28. The van der Waals surface area contributed by atoms with E-state index in [9.17, 15) is 0 Å². The fraction of sp³-hybridized carbons (Fsp3) is 0.625. The average molecular weight is 287 g/mol. The molecule has 1 fully saturated rings. The Kier molecular flexibility index (Phi) is 4.83. The summed E-state index contributed by atoms with van der Waals surface area (Å²) in [5, 5.41) is 15.7. The van der Waals surface area contributed by atoms with Gasteiger partial charge in [-0.1, -0.05) is 12.5 Å². The molecule has 0 aliphatic carbocycles. The van der Waals surface area contributed by atoms with Crippen LogP contribution in [0.3, 0.4) is 0 Å². The maximum Gasteiger partial charge on any atom is 0.160 e. The van der Waals surface area contributed by atoms with Crippen molar-refractivity contribution in [1.29, 1.82) is 0 Å². The number of aromatic nitrogens is 3. The normalized spacial score (nSPS) is 20.7. The van der Waals surface area contributed by atoms with E-state index in [0.29, 0.717) is 12.1 Å². The molecule has 3 rings (SSSR count). The third kappa shape index (κ3) is 3.80. The van der Waals surface area contributed by atoms with Gasteiger partial charge in [-0.05, 0) is 44.9 Å². The first-order chi connectivity index (χ1) is 10.3. The maximum absolute atomic E-state index is 4.27. The van der Waals surface area contributed by atoms with Gasteiger partial charge in [-0.25, -0.2) is 0 Å².